The predicted octanol–water partition coefficient (Wildman–Crippen LogP) is 9.07. The van der Waals surface area contributed by atoms with Crippen molar-refractivity contribution < 1.29 is 51.2 Å². The van der Waals surface area contributed by atoms with Crippen LogP contribution in [0.2, 0.25) is 0 Å². The Labute approximate surface area is 272 Å². The van der Waals surface area contributed by atoms with Crippen LogP contribution in [-0.2, 0) is 4.79 Å². The summed E-state index contributed by atoms with van der Waals surface area (Å²) in [5.41, 5.74) is -1.52. The summed E-state index contributed by atoms with van der Waals surface area (Å²) in [5, 5.41) is 0. The molecule has 47 heavy (non-hydrogen) atoms. The fourth-order valence-electron chi connectivity index (χ4n) is 4.13. The summed E-state index contributed by atoms with van der Waals surface area (Å²) in [4.78, 5) is 37.9. The molecule has 0 bridgehead atoms. The lowest BCUT2D eigenvalue weighted by atomic mass is 10.2. The van der Waals surface area contributed by atoms with Gasteiger partial charge in [0.2, 0.25) is 0 Å². The van der Waals surface area contributed by atoms with E-state index in [9.17, 15) is 27.6 Å². The molecule has 0 fully saturated rings. The van der Waals surface area contributed by atoms with Crippen LogP contribution in [0.25, 0.3) is 0 Å². The van der Waals surface area contributed by atoms with Crippen LogP contribution in [0, 0.1) is 0 Å². The molecule has 0 aliphatic carbocycles. The second-order valence-electron chi connectivity index (χ2n) is 10.6. The summed E-state index contributed by atoms with van der Waals surface area (Å²) < 4.78 is 66.3. The number of hydrogen-bond acceptors (Lipinski definition) is 8. The van der Waals surface area contributed by atoms with Gasteiger partial charge in [0.1, 0.15) is 22.8 Å². The highest BCUT2D eigenvalue weighted by Gasteiger charge is 2.38. The summed E-state index contributed by atoms with van der Waals surface area (Å²) in [5.74, 6) is -3.57. The number of ether oxygens (including phenoxy) is 5. The fraction of sp³-hybridized carbons (Fsp3) is 0.361. The van der Waals surface area contributed by atoms with Crippen molar-refractivity contribution in [3.63, 3.8) is 0 Å². The third-order valence-electron chi connectivity index (χ3n) is 6.83. The molecule has 0 atom stereocenters. The zero-order chi connectivity index (χ0) is 34.2. The number of rotatable bonds is 18. The van der Waals surface area contributed by atoms with Crippen molar-refractivity contribution in [1.82, 2.24) is 0 Å². The normalized spacial score (nSPS) is 11.0. The second-order valence-corrected chi connectivity index (χ2v) is 10.6. The van der Waals surface area contributed by atoms with E-state index in [1.165, 1.54) is 30.3 Å². The first-order chi connectivity index (χ1) is 22.5. The van der Waals surface area contributed by atoms with Crippen LogP contribution in [0.4, 0.5) is 13.2 Å². The number of benzene rings is 3. The van der Waals surface area contributed by atoms with E-state index in [4.69, 9.17) is 23.7 Å². The maximum Gasteiger partial charge on any atom is 0.422 e. The van der Waals surface area contributed by atoms with Crippen molar-refractivity contribution in [2.75, 3.05) is 13.2 Å². The Morgan fingerprint density at radius 1 is 0.596 bits per heavy atom. The summed E-state index contributed by atoms with van der Waals surface area (Å²) in [6.45, 7) is 8.04. The van der Waals surface area contributed by atoms with Gasteiger partial charge in [0.25, 0.3) is 0 Å². The summed E-state index contributed by atoms with van der Waals surface area (Å²) in [6, 6.07) is 15.6. The van der Waals surface area contributed by atoms with Crippen molar-refractivity contribution in [2.45, 2.75) is 71.4 Å². The Bertz CT molecular complexity index is 1480. The van der Waals surface area contributed by atoms with E-state index >= 15 is 0 Å². The van der Waals surface area contributed by atoms with Crippen LogP contribution in [0.1, 0.15) is 85.9 Å². The number of carbonyl (C=O) groups is 3. The number of unbranched alkanes of at least 4 members (excludes halogenated alkanes) is 6. The summed E-state index contributed by atoms with van der Waals surface area (Å²) in [6.07, 6.45) is 3.29. The van der Waals surface area contributed by atoms with E-state index in [2.05, 4.69) is 20.4 Å². The zero-order valence-electron chi connectivity index (χ0n) is 26.5. The van der Waals surface area contributed by atoms with Crippen LogP contribution in [0.5, 0.6) is 28.7 Å². The Hall–Kier alpha value is -4.80. The van der Waals surface area contributed by atoms with Crippen molar-refractivity contribution in [1.29, 1.82) is 0 Å². The molecule has 0 N–H and O–H groups in total. The third-order valence-corrected chi connectivity index (χ3v) is 6.83. The van der Waals surface area contributed by atoms with E-state index in [0.29, 0.717) is 24.7 Å². The highest BCUT2D eigenvalue weighted by Crippen LogP contribution is 2.35. The minimum absolute atomic E-state index is 0.101. The summed E-state index contributed by atoms with van der Waals surface area (Å²) in [7, 11) is 0. The van der Waals surface area contributed by atoms with E-state index < -0.39 is 41.2 Å². The van der Waals surface area contributed by atoms with E-state index in [0.717, 1.165) is 63.5 Å². The minimum atomic E-state index is -5.07. The van der Waals surface area contributed by atoms with Gasteiger partial charge in [-0.15, -0.1) is 0 Å². The highest BCUT2D eigenvalue weighted by atomic mass is 19.4. The Morgan fingerprint density at radius 3 is 1.53 bits per heavy atom. The standard InChI is InChI=1S/C36H39F3O8/c1-4-6-8-10-22-43-28-16-12-26(13-17-28)34(41)45-30-20-21-31(32(24-30)47-33(40)25(3)36(37,38)39)46-35(42)27-14-18-29(19-15-27)44-23-11-9-7-5-2/h12-21,24H,3-11,22-23H2,1-2H3. The molecular formula is C36H39F3O8. The number of carbonyl (C=O) groups excluding carboxylic acids is 3. The fourth-order valence-corrected chi connectivity index (χ4v) is 4.13. The largest absolute Gasteiger partial charge is 0.494 e. The summed E-state index contributed by atoms with van der Waals surface area (Å²) >= 11 is 0. The van der Waals surface area contributed by atoms with Gasteiger partial charge in [-0.25, -0.2) is 14.4 Å². The molecule has 11 heteroatoms. The SMILES string of the molecule is C=C(C(=O)Oc1cc(OC(=O)c2ccc(OCCCCCC)cc2)ccc1OC(=O)c1ccc(OCCCCCC)cc1)C(F)(F)F. The molecule has 252 valence electrons. The van der Waals surface area contributed by atoms with Gasteiger partial charge in [0, 0.05) is 6.07 Å². The number of halogens is 3. The van der Waals surface area contributed by atoms with Gasteiger partial charge in [-0.3, -0.25) is 0 Å². The molecule has 0 spiro atoms. The highest BCUT2D eigenvalue weighted by molar-refractivity contribution is 5.94. The van der Waals surface area contributed by atoms with Gasteiger partial charge in [-0.2, -0.15) is 13.2 Å². The van der Waals surface area contributed by atoms with Gasteiger partial charge < -0.3 is 23.7 Å². The van der Waals surface area contributed by atoms with E-state index in [1.807, 2.05) is 0 Å². The Kier molecular flexibility index (Phi) is 14.3. The molecular weight excluding hydrogens is 617 g/mol. The lowest BCUT2D eigenvalue weighted by Crippen LogP contribution is -2.23. The topological polar surface area (TPSA) is 97.4 Å². The molecule has 8 nitrogen and oxygen atoms in total. The van der Waals surface area contributed by atoms with E-state index in [-0.39, 0.29) is 16.9 Å². The molecule has 0 heterocycles. The molecule has 0 aliphatic heterocycles. The number of hydrogen-bond donors (Lipinski definition) is 0. The van der Waals surface area contributed by atoms with Crippen LogP contribution in [-0.4, -0.2) is 37.3 Å². The quantitative estimate of drug-likeness (QED) is 0.0579. The lowest BCUT2D eigenvalue weighted by molar-refractivity contribution is -0.142. The van der Waals surface area contributed by atoms with Crippen molar-refractivity contribution >= 4 is 17.9 Å². The predicted molar refractivity (Wildman–Crippen MR) is 169 cm³/mol. The van der Waals surface area contributed by atoms with Gasteiger partial charge >= 0.3 is 24.1 Å². The maximum atomic E-state index is 13.1. The molecule has 0 aromatic heterocycles. The zero-order valence-corrected chi connectivity index (χ0v) is 26.5. The Morgan fingerprint density at radius 2 is 1.06 bits per heavy atom. The molecule has 0 amide bonds. The second kappa shape index (κ2) is 18.4. The van der Waals surface area contributed by atoms with Crippen LogP contribution >= 0.6 is 0 Å². The van der Waals surface area contributed by atoms with Gasteiger partial charge in [-0.05, 0) is 73.5 Å². The first kappa shape index (κ1) is 36.7. The molecule has 0 saturated heterocycles. The molecule has 3 aromatic carbocycles. The number of esters is 3. The van der Waals surface area contributed by atoms with Crippen LogP contribution in [0.15, 0.2) is 78.9 Å². The van der Waals surface area contributed by atoms with Crippen LogP contribution < -0.4 is 23.7 Å². The van der Waals surface area contributed by atoms with E-state index in [1.54, 1.807) is 24.3 Å². The third kappa shape index (κ3) is 12.1. The van der Waals surface area contributed by atoms with Gasteiger partial charge in [0.05, 0.1) is 24.3 Å². The van der Waals surface area contributed by atoms with Crippen molar-refractivity contribution in [3.05, 3.63) is 90.0 Å². The minimum Gasteiger partial charge on any atom is -0.494 e. The van der Waals surface area contributed by atoms with Crippen molar-refractivity contribution in [3.8, 4) is 28.7 Å². The van der Waals surface area contributed by atoms with Gasteiger partial charge in [0.15, 0.2) is 11.5 Å². The molecule has 0 saturated carbocycles. The van der Waals surface area contributed by atoms with Crippen molar-refractivity contribution in [2.24, 2.45) is 0 Å². The van der Waals surface area contributed by atoms with Crippen LogP contribution in [0.3, 0.4) is 0 Å². The monoisotopic (exact) mass is 656 g/mol. The first-order valence-electron chi connectivity index (χ1n) is 15.5. The molecule has 0 aliphatic rings. The molecule has 3 rings (SSSR count). The van der Waals surface area contributed by atoms with Gasteiger partial charge in [-0.1, -0.05) is 59.0 Å². The lowest BCUT2D eigenvalue weighted by Gasteiger charge is -2.14. The smallest absolute Gasteiger partial charge is 0.422 e. The Balaban J connectivity index is 1.72. The average molecular weight is 657 g/mol. The first-order valence-corrected chi connectivity index (χ1v) is 15.5. The maximum absolute atomic E-state index is 13.1. The molecule has 0 radical (unpaired) electrons. The molecule has 0 unspecified atom stereocenters. The number of alkyl halides is 3. The average Bonchev–Trinajstić information content (AvgIpc) is 3.05. The molecule has 3 aromatic rings.